The molecule has 0 aliphatic carbocycles. The molecule has 1 unspecified atom stereocenters. The molecular weight excluding hydrogens is 232 g/mol. The lowest BCUT2D eigenvalue weighted by molar-refractivity contribution is 0.0784. The van der Waals surface area contributed by atoms with Crippen LogP contribution < -0.4 is 10.0 Å². The SMILES string of the molecule is COCCCS(=O)(=O)NCC1COCCN1. The summed E-state index contributed by atoms with van der Waals surface area (Å²) < 4.78 is 35.6. The summed E-state index contributed by atoms with van der Waals surface area (Å²) in [5.41, 5.74) is 0. The number of morpholine rings is 1. The second kappa shape index (κ2) is 7.18. The highest BCUT2D eigenvalue weighted by Crippen LogP contribution is 1.94. The van der Waals surface area contributed by atoms with E-state index < -0.39 is 10.0 Å². The van der Waals surface area contributed by atoms with E-state index in [4.69, 9.17) is 9.47 Å². The van der Waals surface area contributed by atoms with Crippen LogP contribution in [0.15, 0.2) is 0 Å². The fraction of sp³-hybridized carbons (Fsp3) is 1.00. The minimum absolute atomic E-state index is 0.0750. The molecule has 1 aliphatic heterocycles. The molecule has 0 aromatic heterocycles. The minimum Gasteiger partial charge on any atom is -0.385 e. The minimum atomic E-state index is -3.18. The van der Waals surface area contributed by atoms with Crippen molar-refractivity contribution >= 4 is 10.0 Å². The van der Waals surface area contributed by atoms with E-state index in [2.05, 4.69) is 10.0 Å². The Morgan fingerprint density at radius 2 is 2.38 bits per heavy atom. The van der Waals surface area contributed by atoms with E-state index in [1.807, 2.05) is 0 Å². The van der Waals surface area contributed by atoms with Crippen LogP contribution in [-0.4, -0.2) is 60.2 Å². The third-order valence-electron chi connectivity index (χ3n) is 2.31. The first kappa shape index (κ1) is 13.9. The van der Waals surface area contributed by atoms with E-state index in [0.29, 0.717) is 32.8 Å². The Morgan fingerprint density at radius 1 is 1.56 bits per heavy atom. The zero-order valence-electron chi connectivity index (χ0n) is 9.57. The van der Waals surface area contributed by atoms with Gasteiger partial charge in [-0.25, -0.2) is 13.1 Å². The van der Waals surface area contributed by atoms with Crippen LogP contribution in [0.2, 0.25) is 0 Å². The van der Waals surface area contributed by atoms with E-state index in [1.165, 1.54) is 0 Å². The van der Waals surface area contributed by atoms with Crippen molar-refractivity contribution in [2.24, 2.45) is 0 Å². The van der Waals surface area contributed by atoms with Crippen LogP contribution in [0, 0.1) is 0 Å². The molecule has 0 radical (unpaired) electrons. The molecule has 0 spiro atoms. The molecule has 96 valence electrons. The van der Waals surface area contributed by atoms with Crippen LogP contribution in [-0.2, 0) is 19.5 Å². The van der Waals surface area contributed by atoms with Crippen LogP contribution in [0.1, 0.15) is 6.42 Å². The molecule has 0 aromatic rings. The summed E-state index contributed by atoms with van der Waals surface area (Å²) in [6, 6.07) is 0.0750. The monoisotopic (exact) mass is 252 g/mol. The fourth-order valence-electron chi connectivity index (χ4n) is 1.44. The van der Waals surface area contributed by atoms with E-state index in [9.17, 15) is 8.42 Å². The average molecular weight is 252 g/mol. The van der Waals surface area contributed by atoms with E-state index in [-0.39, 0.29) is 11.8 Å². The van der Waals surface area contributed by atoms with Gasteiger partial charge in [0.15, 0.2) is 0 Å². The number of methoxy groups -OCH3 is 1. The molecule has 7 heteroatoms. The van der Waals surface area contributed by atoms with Gasteiger partial charge >= 0.3 is 0 Å². The van der Waals surface area contributed by atoms with Crippen LogP contribution in [0.3, 0.4) is 0 Å². The number of rotatable bonds is 7. The Kier molecular flexibility index (Phi) is 6.22. The van der Waals surface area contributed by atoms with Crippen molar-refractivity contribution in [2.45, 2.75) is 12.5 Å². The Hall–Kier alpha value is -0.210. The van der Waals surface area contributed by atoms with Gasteiger partial charge in [0.25, 0.3) is 0 Å². The van der Waals surface area contributed by atoms with Crippen LogP contribution >= 0.6 is 0 Å². The maximum Gasteiger partial charge on any atom is 0.211 e. The first-order chi connectivity index (χ1) is 7.64. The summed E-state index contributed by atoms with van der Waals surface area (Å²) in [4.78, 5) is 0. The Morgan fingerprint density at radius 3 is 3.00 bits per heavy atom. The van der Waals surface area contributed by atoms with Crippen molar-refractivity contribution in [3.05, 3.63) is 0 Å². The van der Waals surface area contributed by atoms with Crippen molar-refractivity contribution in [1.29, 1.82) is 0 Å². The van der Waals surface area contributed by atoms with Crippen LogP contribution in [0.25, 0.3) is 0 Å². The molecule has 1 atom stereocenters. The van der Waals surface area contributed by atoms with E-state index in [1.54, 1.807) is 7.11 Å². The Bertz CT molecular complexity index is 275. The molecule has 2 N–H and O–H groups in total. The lowest BCUT2D eigenvalue weighted by Gasteiger charge is -2.23. The summed E-state index contributed by atoms with van der Waals surface area (Å²) >= 11 is 0. The molecule has 16 heavy (non-hydrogen) atoms. The average Bonchev–Trinajstić information content (AvgIpc) is 2.28. The van der Waals surface area contributed by atoms with Gasteiger partial charge in [-0.3, -0.25) is 0 Å². The molecule has 0 saturated carbocycles. The highest BCUT2D eigenvalue weighted by atomic mass is 32.2. The molecular formula is C9H20N2O4S. The fourth-order valence-corrected chi connectivity index (χ4v) is 2.54. The molecule has 1 aliphatic rings. The highest BCUT2D eigenvalue weighted by Gasteiger charge is 2.16. The zero-order valence-corrected chi connectivity index (χ0v) is 10.4. The van der Waals surface area contributed by atoms with Crippen molar-refractivity contribution < 1.29 is 17.9 Å². The van der Waals surface area contributed by atoms with Gasteiger partial charge in [0.2, 0.25) is 10.0 Å². The number of hydrogen-bond acceptors (Lipinski definition) is 5. The molecule has 0 bridgehead atoms. The van der Waals surface area contributed by atoms with Gasteiger partial charge in [-0.1, -0.05) is 0 Å². The van der Waals surface area contributed by atoms with Crippen LogP contribution in [0.4, 0.5) is 0 Å². The van der Waals surface area contributed by atoms with Gasteiger partial charge in [-0.2, -0.15) is 0 Å². The highest BCUT2D eigenvalue weighted by molar-refractivity contribution is 7.89. The van der Waals surface area contributed by atoms with Crippen molar-refractivity contribution in [2.75, 3.05) is 45.8 Å². The van der Waals surface area contributed by atoms with Gasteiger partial charge in [0, 0.05) is 32.8 Å². The maximum atomic E-state index is 11.5. The van der Waals surface area contributed by atoms with Crippen molar-refractivity contribution in [3.63, 3.8) is 0 Å². The summed E-state index contributed by atoms with van der Waals surface area (Å²) in [5.74, 6) is 0.106. The summed E-state index contributed by atoms with van der Waals surface area (Å²) in [6.45, 7) is 2.87. The maximum absolute atomic E-state index is 11.5. The Labute approximate surface area is 96.7 Å². The lowest BCUT2D eigenvalue weighted by atomic mass is 10.3. The number of hydrogen-bond donors (Lipinski definition) is 2. The predicted molar refractivity (Wildman–Crippen MR) is 60.9 cm³/mol. The molecule has 0 amide bonds. The van der Waals surface area contributed by atoms with Crippen molar-refractivity contribution in [3.8, 4) is 0 Å². The summed E-state index contributed by atoms with van der Waals surface area (Å²) in [6.07, 6.45) is 0.514. The molecule has 6 nitrogen and oxygen atoms in total. The van der Waals surface area contributed by atoms with E-state index >= 15 is 0 Å². The molecule has 1 saturated heterocycles. The standard InChI is InChI=1S/C9H20N2O4S/c1-14-4-2-6-16(12,13)11-7-9-8-15-5-3-10-9/h9-11H,2-8H2,1H3. The first-order valence-electron chi connectivity index (χ1n) is 5.41. The molecule has 1 rings (SSSR count). The third kappa shape index (κ3) is 5.76. The summed E-state index contributed by atoms with van der Waals surface area (Å²) in [7, 11) is -1.62. The number of sulfonamides is 1. The van der Waals surface area contributed by atoms with Gasteiger partial charge in [0.05, 0.1) is 19.0 Å². The third-order valence-corrected chi connectivity index (χ3v) is 3.74. The topological polar surface area (TPSA) is 76.7 Å². The Balaban J connectivity index is 2.18. The number of nitrogens with one attached hydrogen (secondary N) is 2. The van der Waals surface area contributed by atoms with Crippen molar-refractivity contribution in [1.82, 2.24) is 10.0 Å². The van der Waals surface area contributed by atoms with Gasteiger partial charge in [-0.15, -0.1) is 0 Å². The van der Waals surface area contributed by atoms with Gasteiger partial charge in [0.1, 0.15) is 0 Å². The smallest absolute Gasteiger partial charge is 0.211 e. The van der Waals surface area contributed by atoms with Gasteiger partial charge in [-0.05, 0) is 6.42 Å². The second-order valence-corrected chi connectivity index (χ2v) is 5.67. The first-order valence-corrected chi connectivity index (χ1v) is 7.06. The number of ether oxygens (including phenoxy) is 2. The summed E-state index contributed by atoms with van der Waals surface area (Å²) in [5, 5.41) is 3.18. The lowest BCUT2D eigenvalue weighted by Crippen LogP contribution is -2.48. The largest absolute Gasteiger partial charge is 0.385 e. The zero-order chi connectivity index (χ0) is 11.9. The van der Waals surface area contributed by atoms with Crippen LogP contribution in [0.5, 0.6) is 0 Å². The molecule has 0 aromatic carbocycles. The molecule has 1 heterocycles. The van der Waals surface area contributed by atoms with E-state index in [0.717, 1.165) is 6.54 Å². The quantitative estimate of drug-likeness (QED) is 0.564. The van der Waals surface area contributed by atoms with Gasteiger partial charge < -0.3 is 14.8 Å². The second-order valence-electron chi connectivity index (χ2n) is 3.74. The normalized spacial score (nSPS) is 22.2. The predicted octanol–water partition coefficient (Wildman–Crippen LogP) is -1.07. The molecule has 1 fully saturated rings.